The Labute approximate surface area is 141 Å². The Morgan fingerprint density at radius 2 is 1.57 bits per heavy atom. The van der Waals surface area contributed by atoms with E-state index in [2.05, 4.69) is 0 Å². The first kappa shape index (κ1) is 22.2. The smallest absolute Gasteiger partial charge is 0.434 e. The van der Waals surface area contributed by atoms with Crippen LogP contribution in [0.15, 0.2) is 0 Å². The molecule has 0 saturated heterocycles. The van der Waals surface area contributed by atoms with E-state index in [9.17, 15) is 9.90 Å². The molecule has 0 saturated carbocycles. The summed E-state index contributed by atoms with van der Waals surface area (Å²) < 4.78 is 16.3. The molecule has 138 valence electrons. The van der Waals surface area contributed by atoms with Crippen molar-refractivity contribution in [1.82, 2.24) is 0 Å². The van der Waals surface area contributed by atoms with Gasteiger partial charge in [-0.15, -0.1) is 0 Å². The van der Waals surface area contributed by atoms with Crippen LogP contribution in [0.25, 0.3) is 0 Å². The quantitative estimate of drug-likeness (QED) is 0.642. The Morgan fingerprint density at radius 1 is 1.04 bits per heavy atom. The Hall–Kier alpha value is -0.810. The van der Waals surface area contributed by atoms with Crippen LogP contribution in [0.2, 0.25) is 0 Å². The first-order chi connectivity index (χ1) is 10.2. The zero-order valence-corrected chi connectivity index (χ0v) is 16.4. The molecular weight excluding hydrogens is 296 g/mol. The minimum absolute atomic E-state index is 0.120. The molecule has 0 aromatic carbocycles. The fourth-order valence-electron chi connectivity index (χ4n) is 1.62. The molecule has 0 fully saturated rings. The molecule has 1 N–H and O–H groups in total. The molecule has 23 heavy (non-hydrogen) atoms. The fraction of sp³-hybridized carbons (Fsp3) is 0.944. The molecular formula is C18H36O5. The molecule has 1 atom stereocenters. The van der Waals surface area contributed by atoms with Gasteiger partial charge in [0.1, 0.15) is 12.2 Å². The van der Waals surface area contributed by atoms with E-state index in [-0.39, 0.29) is 24.0 Å². The number of hydrogen-bond acceptors (Lipinski definition) is 5. The summed E-state index contributed by atoms with van der Waals surface area (Å²) in [6.07, 6.45) is 0.248. The molecule has 0 bridgehead atoms. The highest BCUT2D eigenvalue weighted by Crippen LogP contribution is 2.37. The standard InChI is InChI=1S/C18H36O5/c1-13(2)21-11-10-16(4,5)18(8,9)23-15(19)22-12-14(3)17(6,7)20/h13-14,20H,10-12H2,1-9H3. The van der Waals surface area contributed by atoms with E-state index in [4.69, 9.17) is 14.2 Å². The lowest BCUT2D eigenvalue weighted by Gasteiger charge is -2.40. The van der Waals surface area contributed by atoms with Crippen molar-refractivity contribution >= 4 is 6.16 Å². The maximum absolute atomic E-state index is 12.0. The lowest BCUT2D eigenvalue weighted by atomic mass is 9.75. The van der Waals surface area contributed by atoms with Gasteiger partial charge in [0, 0.05) is 17.9 Å². The third kappa shape index (κ3) is 8.02. The summed E-state index contributed by atoms with van der Waals surface area (Å²) in [6.45, 7) is 17.8. The minimum Gasteiger partial charge on any atom is -0.434 e. The van der Waals surface area contributed by atoms with Crippen molar-refractivity contribution in [1.29, 1.82) is 0 Å². The molecule has 1 unspecified atom stereocenters. The molecule has 0 amide bonds. The fourth-order valence-corrected chi connectivity index (χ4v) is 1.62. The Morgan fingerprint density at radius 3 is 2.00 bits per heavy atom. The van der Waals surface area contributed by atoms with Gasteiger partial charge in [-0.3, -0.25) is 0 Å². The summed E-state index contributed by atoms with van der Waals surface area (Å²) >= 11 is 0. The van der Waals surface area contributed by atoms with E-state index in [1.165, 1.54) is 0 Å². The molecule has 0 rings (SSSR count). The van der Waals surface area contributed by atoms with Crippen LogP contribution in [0.5, 0.6) is 0 Å². The largest absolute Gasteiger partial charge is 0.508 e. The van der Waals surface area contributed by atoms with Crippen LogP contribution in [0.1, 0.15) is 68.7 Å². The maximum atomic E-state index is 12.0. The van der Waals surface area contributed by atoms with Gasteiger partial charge in [0.15, 0.2) is 0 Å². The van der Waals surface area contributed by atoms with Crippen molar-refractivity contribution < 1.29 is 24.1 Å². The van der Waals surface area contributed by atoms with Crippen LogP contribution in [-0.4, -0.2) is 41.8 Å². The molecule has 0 aliphatic carbocycles. The molecule has 0 heterocycles. The van der Waals surface area contributed by atoms with Gasteiger partial charge in [-0.25, -0.2) is 4.79 Å². The lowest BCUT2D eigenvalue weighted by Crippen LogP contribution is -2.44. The summed E-state index contributed by atoms with van der Waals surface area (Å²) in [6, 6.07) is 0. The van der Waals surface area contributed by atoms with Gasteiger partial charge >= 0.3 is 6.16 Å². The minimum atomic E-state index is -0.900. The monoisotopic (exact) mass is 332 g/mol. The number of rotatable bonds is 9. The Balaban J connectivity index is 4.50. The van der Waals surface area contributed by atoms with Gasteiger partial charge in [-0.1, -0.05) is 20.8 Å². The number of carbonyl (C=O) groups excluding carboxylic acids is 1. The highest BCUT2D eigenvalue weighted by atomic mass is 16.7. The van der Waals surface area contributed by atoms with Gasteiger partial charge in [-0.05, 0) is 48.0 Å². The van der Waals surface area contributed by atoms with Crippen LogP contribution in [0.3, 0.4) is 0 Å². The van der Waals surface area contributed by atoms with E-state index in [0.717, 1.165) is 6.42 Å². The molecule has 5 heteroatoms. The van der Waals surface area contributed by atoms with Gasteiger partial charge < -0.3 is 19.3 Å². The zero-order chi connectivity index (χ0) is 18.5. The van der Waals surface area contributed by atoms with Crippen LogP contribution in [0.4, 0.5) is 4.79 Å². The number of aliphatic hydroxyl groups is 1. The van der Waals surface area contributed by atoms with E-state index >= 15 is 0 Å². The third-order valence-corrected chi connectivity index (χ3v) is 4.80. The van der Waals surface area contributed by atoms with Crippen LogP contribution < -0.4 is 0 Å². The second kappa shape index (κ2) is 8.34. The average molecular weight is 332 g/mol. The maximum Gasteiger partial charge on any atom is 0.508 e. The number of carbonyl (C=O) groups is 1. The van der Waals surface area contributed by atoms with Crippen LogP contribution in [0, 0.1) is 11.3 Å². The molecule has 0 radical (unpaired) electrons. The number of ether oxygens (including phenoxy) is 3. The Kier molecular flexibility index (Phi) is 8.04. The van der Waals surface area contributed by atoms with Crippen LogP contribution >= 0.6 is 0 Å². The lowest BCUT2D eigenvalue weighted by molar-refractivity contribution is -0.0972. The van der Waals surface area contributed by atoms with Crippen molar-refractivity contribution in [3.8, 4) is 0 Å². The second-order valence-electron chi connectivity index (χ2n) is 8.28. The van der Waals surface area contributed by atoms with Crippen molar-refractivity contribution in [2.75, 3.05) is 13.2 Å². The molecule has 0 aliphatic heterocycles. The Bertz CT molecular complexity index is 366. The summed E-state index contributed by atoms with van der Waals surface area (Å²) in [4.78, 5) is 12.0. The zero-order valence-electron chi connectivity index (χ0n) is 16.4. The van der Waals surface area contributed by atoms with Gasteiger partial charge in [0.05, 0.1) is 11.7 Å². The topological polar surface area (TPSA) is 65.0 Å². The molecule has 5 nitrogen and oxygen atoms in total. The van der Waals surface area contributed by atoms with Crippen LogP contribution in [-0.2, 0) is 14.2 Å². The summed E-state index contributed by atoms with van der Waals surface area (Å²) in [5.41, 5.74) is -1.85. The molecule has 0 aromatic heterocycles. The highest BCUT2D eigenvalue weighted by Gasteiger charge is 2.41. The molecule has 0 aliphatic rings. The van der Waals surface area contributed by atoms with E-state index in [0.29, 0.717) is 6.61 Å². The first-order valence-electron chi connectivity index (χ1n) is 8.39. The summed E-state index contributed by atoms with van der Waals surface area (Å²) in [5.74, 6) is -0.175. The second-order valence-corrected chi connectivity index (χ2v) is 8.28. The normalized spacial score (nSPS) is 14.7. The van der Waals surface area contributed by atoms with Crippen molar-refractivity contribution in [3.05, 3.63) is 0 Å². The predicted molar refractivity (Wildman–Crippen MR) is 91.5 cm³/mol. The first-order valence-corrected chi connectivity index (χ1v) is 8.39. The van der Waals surface area contributed by atoms with Gasteiger partial charge in [0.2, 0.25) is 0 Å². The van der Waals surface area contributed by atoms with Crippen molar-refractivity contribution in [3.63, 3.8) is 0 Å². The predicted octanol–water partition coefficient (Wildman–Crippen LogP) is 4.17. The summed E-state index contributed by atoms with van der Waals surface area (Å²) in [7, 11) is 0. The average Bonchev–Trinajstić information content (AvgIpc) is 2.33. The molecule has 0 spiro atoms. The highest BCUT2D eigenvalue weighted by molar-refractivity contribution is 5.60. The third-order valence-electron chi connectivity index (χ3n) is 4.80. The van der Waals surface area contributed by atoms with E-state index < -0.39 is 17.4 Å². The van der Waals surface area contributed by atoms with E-state index in [1.807, 2.05) is 48.5 Å². The van der Waals surface area contributed by atoms with Crippen molar-refractivity contribution in [2.24, 2.45) is 11.3 Å². The number of hydrogen-bond donors (Lipinski definition) is 1. The van der Waals surface area contributed by atoms with E-state index in [1.54, 1.807) is 13.8 Å². The summed E-state index contributed by atoms with van der Waals surface area (Å²) in [5, 5.41) is 9.86. The van der Waals surface area contributed by atoms with Gasteiger partial charge in [0.25, 0.3) is 0 Å². The SMILES string of the molecule is CC(C)OCCC(C)(C)C(C)(C)OC(=O)OCC(C)C(C)(C)O. The van der Waals surface area contributed by atoms with Gasteiger partial charge in [-0.2, -0.15) is 0 Å². The molecule has 0 aromatic rings. The van der Waals surface area contributed by atoms with Crippen molar-refractivity contribution in [2.45, 2.75) is 86.0 Å².